The molecule has 1 aliphatic heterocycles. The second kappa shape index (κ2) is 9.28. The van der Waals surface area contributed by atoms with Gasteiger partial charge in [0.25, 0.3) is 11.5 Å². The van der Waals surface area contributed by atoms with Crippen LogP contribution in [0.5, 0.6) is 0 Å². The number of amides is 1. The first-order valence-corrected chi connectivity index (χ1v) is 12.7. The number of aromatic nitrogens is 2. The van der Waals surface area contributed by atoms with Crippen molar-refractivity contribution in [2.75, 3.05) is 31.1 Å². The third-order valence-electron chi connectivity index (χ3n) is 7.84. The van der Waals surface area contributed by atoms with Crippen LogP contribution >= 0.6 is 0 Å². The minimum absolute atomic E-state index is 0.120. The Morgan fingerprint density at radius 2 is 1.83 bits per heavy atom. The van der Waals surface area contributed by atoms with Crippen molar-refractivity contribution in [3.63, 3.8) is 0 Å². The Morgan fingerprint density at radius 1 is 1.03 bits per heavy atom. The number of hydrogen-bond donors (Lipinski definition) is 2. The number of aromatic amines is 1. The molecule has 2 aliphatic carbocycles. The maximum atomic E-state index is 14.6. The van der Waals surface area contributed by atoms with Crippen LogP contribution in [0, 0.1) is 11.6 Å². The quantitative estimate of drug-likeness (QED) is 0.568. The van der Waals surface area contributed by atoms with Crippen molar-refractivity contribution in [2.45, 2.75) is 50.1 Å². The lowest BCUT2D eigenvalue weighted by atomic mass is 10.00. The van der Waals surface area contributed by atoms with E-state index in [4.69, 9.17) is 0 Å². The summed E-state index contributed by atoms with van der Waals surface area (Å²) in [6.07, 6.45) is 6.42. The highest BCUT2D eigenvalue weighted by atomic mass is 19.1. The number of fused-ring (bicyclic) bond motifs is 1. The number of rotatable bonds is 5. The molecule has 2 aromatic heterocycles. The second-order valence-corrected chi connectivity index (χ2v) is 10.2. The summed E-state index contributed by atoms with van der Waals surface area (Å²) >= 11 is 0. The largest absolute Gasteiger partial charge is 0.368 e. The van der Waals surface area contributed by atoms with Crippen molar-refractivity contribution in [1.82, 2.24) is 20.2 Å². The van der Waals surface area contributed by atoms with Crippen LogP contribution in [0.15, 0.2) is 41.3 Å². The summed E-state index contributed by atoms with van der Waals surface area (Å²) in [6.45, 7) is 3.20. The van der Waals surface area contributed by atoms with Crippen molar-refractivity contribution >= 4 is 22.4 Å². The fourth-order valence-corrected chi connectivity index (χ4v) is 5.68. The van der Waals surface area contributed by atoms with E-state index in [1.807, 2.05) is 6.07 Å². The minimum atomic E-state index is -0.587. The fraction of sp³-hybridized carbons (Fsp3) is 0.444. The highest BCUT2D eigenvalue weighted by molar-refractivity contribution is 5.93. The molecule has 2 unspecified atom stereocenters. The van der Waals surface area contributed by atoms with E-state index in [1.54, 1.807) is 18.3 Å². The number of nitrogens with zero attached hydrogens (tertiary/aromatic N) is 3. The Morgan fingerprint density at radius 3 is 2.58 bits per heavy atom. The van der Waals surface area contributed by atoms with E-state index in [9.17, 15) is 18.4 Å². The number of H-pyrrole nitrogens is 1. The van der Waals surface area contributed by atoms with Crippen LogP contribution in [0.2, 0.25) is 0 Å². The summed E-state index contributed by atoms with van der Waals surface area (Å²) < 4.78 is 28.7. The fourth-order valence-electron chi connectivity index (χ4n) is 5.68. The van der Waals surface area contributed by atoms with Crippen LogP contribution < -0.4 is 15.8 Å². The summed E-state index contributed by atoms with van der Waals surface area (Å²) in [4.78, 5) is 36.3. The van der Waals surface area contributed by atoms with Gasteiger partial charge in [-0.2, -0.15) is 0 Å². The summed E-state index contributed by atoms with van der Waals surface area (Å²) in [7, 11) is 0. The monoisotopic (exact) mass is 493 g/mol. The zero-order valence-corrected chi connectivity index (χ0v) is 20.0. The number of pyridine rings is 2. The van der Waals surface area contributed by atoms with E-state index in [-0.39, 0.29) is 28.6 Å². The van der Waals surface area contributed by atoms with Gasteiger partial charge in [-0.1, -0.05) is 12.1 Å². The molecule has 3 aliphatic rings. The van der Waals surface area contributed by atoms with Crippen LogP contribution in [0.25, 0.3) is 10.8 Å². The Hall–Kier alpha value is -3.33. The molecular weight excluding hydrogens is 464 g/mol. The van der Waals surface area contributed by atoms with Gasteiger partial charge < -0.3 is 15.2 Å². The minimum Gasteiger partial charge on any atom is -0.368 e. The summed E-state index contributed by atoms with van der Waals surface area (Å²) in [5.74, 6) is -1.29. The van der Waals surface area contributed by atoms with Gasteiger partial charge in [0.15, 0.2) is 11.5 Å². The number of carbonyl (C=O) groups is 1. The lowest BCUT2D eigenvalue weighted by Crippen LogP contribution is -2.49. The molecule has 3 heterocycles. The molecule has 6 rings (SSSR count). The topological polar surface area (TPSA) is 81.3 Å². The van der Waals surface area contributed by atoms with Crippen LogP contribution in [0.1, 0.15) is 54.2 Å². The first-order valence-electron chi connectivity index (χ1n) is 12.7. The molecule has 2 saturated carbocycles. The first-order chi connectivity index (χ1) is 17.5. The maximum absolute atomic E-state index is 14.6. The number of anilines is 1. The summed E-state index contributed by atoms with van der Waals surface area (Å²) in [5, 5.41) is 3.54. The molecule has 0 spiro atoms. The molecule has 1 saturated heterocycles. The van der Waals surface area contributed by atoms with Crippen molar-refractivity contribution in [3.05, 3.63) is 69.9 Å². The number of nitrogens with one attached hydrogen (secondary N) is 2. The molecule has 1 aromatic carbocycles. The number of benzene rings is 1. The standard InChI is InChI=1S/C27H29F2N5O2/c28-21-3-1-2-17-13-23(32-26(35)24(17)21)16-4-7-19(12-16)33-8-10-34(11-9-33)20-14-22(29)25(30-15-20)27(36)31-18-5-6-18/h1-3,13-16,18-19H,4-12H2,(H,31,36)(H,32,35). The normalized spacial score (nSPS) is 22.8. The lowest BCUT2D eigenvalue weighted by Gasteiger charge is -2.39. The van der Waals surface area contributed by atoms with Crippen molar-refractivity contribution in [2.24, 2.45) is 0 Å². The lowest BCUT2D eigenvalue weighted by molar-refractivity contribution is 0.0941. The van der Waals surface area contributed by atoms with Crippen LogP contribution in [0.3, 0.4) is 0 Å². The molecule has 2 N–H and O–H groups in total. The van der Waals surface area contributed by atoms with Crippen molar-refractivity contribution in [3.8, 4) is 0 Å². The third-order valence-corrected chi connectivity index (χ3v) is 7.84. The Bertz CT molecular complexity index is 1360. The molecule has 36 heavy (non-hydrogen) atoms. The number of carbonyl (C=O) groups excluding carboxylic acids is 1. The number of hydrogen-bond acceptors (Lipinski definition) is 5. The Balaban J connectivity index is 1.07. The van der Waals surface area contributed by atoms with Crippen LogP contribution in [-0.2, 0) is 0 Å². The smallest absolute Gasteiger partial charge is 0.273 e. The molecule has 3 aromatic rings. The third kappa shape index (κ3) is 4.48. The average molecular weight is 494 g/mol. The molecule has 2 atom stereocenters. The van der Waals surface area contributed by atoms with Crippen molar-refractivity contribution in [1.29, 1.82) is 0 Å². The van der Waals surface area contributed by atoms with Gasteiger partial charge in [0.05, 0.1) is 17.3 Å². The summed E-state index contributed by atoms with van der Waals surface area (Å²) in [5.41, 5.74) is 1.07. The van der Waals surface area contributed by atoms with E-state index in [0.717, 1.165) is 64.0 Å². The van der Waals surface area contributed by atoms with E-state index in [1.165, 1.54) is 12.1 Å². The van der Waals surface area contributed by atoms with E-state index < -0.39 is 17.5 Å². The highest BCUT2D eigenvalue weighted by Gasteiger charge is 2.33. The number of halogens is 2. The molecule has 188 valence electrons. The molecule has 7 nitrogen and oxygen atoms in total. The molecule has 9 heteroatoms. The van der Waals surface area contributed by atoms with Crippen LogP contribution in [-0.4, -0.2) is 59.0 Å². The second-order valence-electron chi connectivity index (χ2n) is 10.2. The van der Waals surface area contributed by atoms with Crippen molar-refractivity contribution < 1.29 is 13.6 Å². The molecule has 3 fully saturated rings. The molecule has 1 amide bonds. The van der Waals surface area contributed by atoms with Gasteiger partial charge in [-0.25, -0.2) is 13.8 Å². The first kappa shape index (κ1) is 23.1. The van der Waals surface area contributed by atoms with E-state index >= 15 is 0 Å². The van der Waals surface area contributed by atoms with E-state index in [0.29, 0.717) is 17.1 Å². The predicted molar refractivity (Wildman–Crippen MR) is 133 cm³/mol. The zero-order valence-electron chi connectivity index (χ0n) is 20.0. The molecular formula is C27H29F2N5O2. The van der Waals surface area contributed by atoms with Gasteiger partial charge in [0, 0.05) is 55.9 Å². The molecule has 0 bridgehead atoms. The van der Waals surface area contributed by atoms with Gasteiger partial charge >= 0.3 is 0 Å². The SMILES string of the molecule is O=C(NC1CC1)c1ncc(N2CCN(C3CCC(c4cc5cccc(F)c5c(=O)[nH]4)C3)CC2)cc1F. The Labute approximate surface area is 207 Å². The predicted octanol–water partition coefficient (Wildman–Crippen LogP) is 3.55. The van der Waals surface area contributed by atoms with Gasteiger partial charge in [-0.15, -0.1) is 0 Å². The highest BCUT2D eigenvalue weighted by Crippen LogP contribution is 2.37. The molecule has 0 radical (unpaired) electrons. The zero-order chi connectivity index (χ0) is 24.8. The Kier molecular flexibility index (Phi) is 5.95. The van der Waals surface area contributed by atoms with Gasteiger partial charge in [-0.3, -0.25) is 14.5 Å². The van der Waals surface area contributed by atoms with Gasteiger partial charge in [-0.05, 0) is 49.6 Å². The van der Waals surface area contributed by atoms with E-state index in [2.05, 4.69) is 25.1 Å². The summed E-state index contributed by atoms with van der Waals surface area (Å²) in [6, 6.07) is 8.63. The maximum Gasteiger partial charge on any atom is 0.273 e. The van der Waals surface area contributed by atoms with Gasteiger partial charge in [0.1, 0.15) is 5.82 Å². The van der Waals surface area contributed by atoms with Crippen LogP contribution in [0.4, 0.5) is 14.5 Å². The number of piperazine rings is 1. The van der Waals surface area contributed by atoms with Gasteiger partial charge in [0.2, 0.25) is 0 Å². The average Bonchev–Trinajstić information content (AvgIpc) is 3.54.